The number of rotatable bonds is 6. The molecule has 0 spiro atoms. The molecule has 1 aromatic rings. The third-order valence-corrected chi connectivity index (χ3v) is 4.87. The molecular formula is C21H31F3N2O3. The van der Waals surface area contributed by atoms with Gasteiger partial charge in [-0.25, -0.2) is 0 Å². The standard InChI is InChI=1S/C21H31F3N2O3/c1-6-28-18(27)8-7-13-9-16(25)17(10-15(13)21(22,23)24)26-14-11-19(2,3)29-20(4,5)12-14/h9-10,14,26H,6-8,11-12,25H2,1-5H3. The molecule has 1 aromatic carbocycles. The fourth-order valence-corrected chi connectivity index (χ4v) is 4.14. The molecule has 1 saturated heterocycles. The van der Waals surface area contributed by atoms with Gasteiger partial charge in [0, 0.05) is 12.5 Å². The van der Waals surface area contributed by atoms with E-state index in [4.69, 9.17) is 15.2 Å². The molecule has 0 aliphatic carbocycles. The minimum absolute atomic E-state index is 0.0127. The van der Waals surface area contributed by atoms with Gasteiger partial charge >= 0.3 is 12.1 Å². The number of nitrogen functional groups attached to an aromatic ring is 1. The van der Waals surface area contributed by atoms with Crippen LogP contribution in [-0.2, 0) is 26.9 Å². The number of alkyl halides is 3. The molecule has 1 aliphatic heterocycles. The van der Waals surface area contributed by atoms with Gasteiger partial charge in [-0.2, -0.15) is 13.2 Å². The van der Waals surface area contributed by atoms with E-state index in [2.05, 4.69) is 5.32 Å². The van der Waals surface area contributed by atoms with Crippen molar-refractivity contribution in [3.63, 3.8) is 0 Å². The van der Waals surface area contributed by atoms with Gasteiger partial charge in [0.2, 0.25) is 0 Å². The minimum atomic E-state index is -4.55. The monoisotopic (exact) mass is 416 g/mol. The number of hydrogen-bond donors (Lipinski definition) is 2. The van der Waals surface area contributed by atoms with Crippen LogP contribution in [-0.4, -0.2) is 29.8 Å². The van der Waals surface area contributed by atoms with E-state index in [0.29, 0.717) is 12.8 Å². The summed E-state index contributed by atoms with van der Waals surface area (Å²) in [6.45, 7) is 9.69. The SMILES string of the molecule is CCOC(=O)CCc1cc(N)c(NC2CC(C)(C)OC(C)(C)C2)cc1C(F)(F)F. The Bertz CT molecular complexity index is 729. The Morgan fingerprint density at radius 3 is 2.34 bits per heavy atom. The lowest BCUT2D eigenvalue weighted by Gasteiger charge is -2.45. The van der Waals surface area contributed by atoms with Crippen molar-refractivity contribution >= 4 is 17.3 Å². The predicted octanol–water partition coefficient (Wildman–Crippen LogP) is 4.93. The van der Waals surface area contributed by atoms with Crippen molar-refractivity contribution in [1.29, 1.82) is 0 Å². The van der Waals surface area contributed by atoms with E-state index in [0.717, 1.165) is 6.07 Å². The smallest absolute Gasteiger partial charge is 0.416 e. The van der Waals surface area contributed by atoms with E-state index < -0.39 is 28.9 Å². The number of benzene rings is 1. The van der Waals surface area contributed by atoms with Gasteiger partial charge in [-0.15, -0.1) is 0 Å². The molecule has 8 heteroatoms. The number of hydrogen-bond acceptors (Lipinski definition) is 5. The van der Waals surface area contributed by atoms with Crippen molar-refractivity contribution in [2.75, 3.05) is 17.7 Å². The summed E-state index contributed by atoms with van der Waals surface area (Å²) in [5, 5.41) is 3.19. The molecule has 29 heavy (non-hydrogen) atoms. The summed E-state index contributed by atoms with van der Waals surface area (Å²) in [5.74, 6) is -0.534. The fraction of sp³-hybridized carbons (Fsp3) is 0.667. The summed E-state index contributed by atoms with van der Waals surface area (Å²) in [4.78, 5) is 11.6. The van der Waals surface area contributed by atoms with Crippen LogP contribution in [0, 0.1) is 0 Å². The Morgan fingerprint density at radius 1 is 1.24 bits per heavy atom. The van der Waals surface area contributed by atoms with Crippen molar-refractivity contribution in [3.05, 3.63) is 23.3 Å². The Kier molecular flexibility index (Phi) is 6.77. The van der Waals surface area contributed by atoms with Crippen LogP contribution in [0.1, 0.15) is 65.0 Å². The highest BCUT2D eigenvalue weighted by Crippen LogP contribution is 2.40. The summed E-state index contributed by atoms with van der Waals surface area (Å²) in [7, 11) is 0. The molecule has 0 bridgehead atoms. The molecule has 0 saturated carbocycles. The van der Waals surface area contributed by atoms with Crippen molar-refractivity contribution in [2.45, 2.75) is 83.7 Å². The number of esters is 1. The number of nitrogens with one attached hydrogen (secondary N) is 1. The molecule has 2 rings (SSSR count). The summed E-state index contributed by atoms with van der Waals surface area (Å²) in [6, 6.07) is 2.27. The van der Waals surface area contributed by atoms with E-state index in [9.17, 15) is 18.0 Å². The molecule has 0 amide bonds. The number of halogens is 3. The van der Waals surface area contributed by atoms with Crippen LogP contribution in [0.4, 0.5) is 24.5 Å². The average molecular weight is 416 g/mol. The highest BCUT2D eigenvalue weighted by atomic mass is 19.4. The Labute approximate surface area is 170 Å². The van der Waals surface area contributed by atoms with Gasteiger partial charge in [-0.1, -0.05) is 0 Å². The number of anilines is 2. The first kappa shape index (κ1) is 23.3. The molecule has 0 atom stereocenters. The molecule has 3 N–H and O–H groups in total. The molecule has 1 heterocycles. The fourth-order valence-electron chi connectivity index (χ4n) is 4.14. The van der Waals surface area contributed by atoms with Crippen LogP contribution < -0.4 is 11.1 Å². The van der Waals surface area contributed by atoms with Crippen LogP contribution >= 0.6 is 0 Å². The predicted molar refractivity (Wildman–Crippen MR) is 107 cm³/mol. The Balaban J connectivity index is 2.28. The second-order valence-electron chi connectivity index (χ2n) is 8.77. The first-order valence-electron chi connectivity index (χ1n) is 9.84. The molecular weight excluding hydrogens is 385 g/mol. The molecule has 5 nitrogen and oxygen atoms in total. The number of nitrogens with two attached hydrogens (primary N) is 1. The Morgan fingerprint density at radius 2 is 1.83 bits per heavy atom. The van der Waals surface area contributed by atoms with Crippen molar-refractivity contribution in [2.24, 2.45) is 0 Å². The molecule has 0 radical (unpaired) electrons. The lowest BCUT2D eigenvalue weighted by molar-refractivity contribution is -0.158. The van der Waals surface area contributed by atoms with E-state index in [-0.39, 0.29) is 42.4 Å². The van der Waals surface area contributed by atoms with Gasteiger partial charge < -0.3 is 20.5 Å². The third-order valence-electron chi connectivity index (χ3n) is 4.87. The van der Waals surface area contributed by atoms with Crippen LogP contribution in [0.3, 0.4) is 0 Å². The third kappa shape index (κ3) is 6.52. The number of aryl methyl sites for hydroxylation is 1. The molecule has 1 aliphatic rings. The largest absolute Gasteiger partial charge is 0.466 e. The lowest BCUT2D eigenvalue weighted by atomic mass is 9.85. The van der Waals surface area contributed by atoms with Crippen LogP contribution in [0.5, 0.6) is 0 Å². The highest BCUT2D eigenvalue weighted by Gasteiger charge is 2.40. The molecule has 1 fully saturated rings. The normalized spacial score (nSPS) is 19.0. The lowest BCUT2D eigenvalue weighted by Crippen LogP contribution is -2.49. The highest BCUT2D eigenvalue weighted by molar-refractivity contribution is 5.72. The van der Waals surface area contributed by atoms with Gasteiger partial charge in [0.15, 0.2) is 0 Å². The number of ether oxygens (including phenoxy) is 2. The average Bonchev–Trinajstić information content (AvgIpc) is 2.51. The number of carbonyl (C=O) groups excluding carboxylic acids is 1. The second-order valence-corrected chi connectivity index (χ2v) is 8.77. The summed E-state index contributed by atoms with van der Waals surface area (Å²) < 4.78 is 51.8. The maximum Gasteiger partial charge on any atom is 0.416 e. The summed E-state index contributed by atoms with van der Waals surface area (Å²) in [6.07, 6.45) is -3.49. The van der Waals surface area contributed by atoms with Crippen molar-refractivity contribution in [1.82, 2.24) is 0 Å². The van der Waals surface area contributed by atoms with Gasteiger partial charge in [0.05, 0.1) is 34.7 Å². The van der Waals surface area contributed by atoms with Gasteiger partial charge in [-0.05, 0) is 71.6 Å². The summed E-state index contributed by atoms with van der Waals surface area (Å²) in [5.41, 5.74) is 4.94. The van der Waals surface area contributed by atoms with Crippen molar-refractivity contribution < 1.29 is 27.4 Å². The van der Waals surface area contributed by atoms with E-state index in [1.54, 1.807) is 6.92 Å². The van der Waals surface area contributed by atoms with Crippen molar-refractivity contribution in [3.8, 4) is 0 Å². The summed E-state index contributed by atoms with van der Waals surface area (Å²) >= 11 is 0. The second kappa shape index (κ2) is 8.42. The topological polar surface area (TPSA) is 73.6 Å². The van der Waals surface area contributed by atoms with E-state index in [1.807, 2.05) is 27.7 Å². The van der Waals surface area contributed by atoms with Gasteiger partial charge in [0.25, 0.3) is 0 Å². The first-order valence-corrected chi connectivity index (χ1v) is 9.84. The zero-order chi connectivity index (χ0) is 22.0. The molecule has 0 unspecified atom stereocenters. The first-order chi connectivity index (χ1) is 13.2. The van der Waals surface area contributed by atoms with Crippen LogP contribution in [0.25, 0.3) is 0 Å². The Hall–Kier alpha value is -1.96. The zero-order valence-corrected chi connectivity index (χ0v) is 17.7. The maximum atomic E-state index is 13.7. The van der Waals surface area contributed by atoms with E-state index in [1.165, 1.54) is 6.07 Å². The minimum Gasteiger partial charge on any atom is -0.466 e. The van der Waals surface area contributed by atoms with Gasteiger partial charge in [0.1, 0.15) is 0 Å². The van der Waals surface area contributed by atoms with E-state index >= 15 is 0 Å². The van der Waals surface area contributed by atoms with Crippen LogP contribution in [0.2, 0.25) is 0 Å². The molecule has 0 aromatic heterocycles. The molecule has 164 valence electrons. The quantitative estimate of drug-likeness (QED) is 0.508. The zero-order valence-electron chi connectivity index (χ0n) is 17.7. The number of carbonyl (C=O) groups is 1. The van der Waals surface area contributed by atoms with Crippen LogP contribution in [0.15, 0.2) is 12.1 Å². The van der Waals surface area contributed by atoms with Gasteiger partial charge in [-0.3, -0.25) is 4.79 Å². The maximum absolute atomic E-state index is 13.7.